The molecule has 0 aliphatic heterocycles. The molecule has 1 atom stereocenters. The van der Waals surface area contributed by atoms with Crippen LogP contribution in [0.3, 0.4) is 0 Å². The zero-order valence-corrected chi connectivity index (χ0v) is 18.4. The molecule has 0 saturated heterocycles. The zero-order valence-electron chi connectivity index (χ0n) is 17.6. The van der Waals surface area contributed by atoms with E-state index in [0.29, 0.717) is 22.4 Å². The molecule has 4 rings (SSSR count). The Balaban J connectivity index is 1.81. The molecule has 164 valence electrons. The van der Waals surface area contributed by atoms with Crippen LogP contribution in [0.5, 0.6) is 0 Å². The number of nitriles is 1. The van der Waals surface area contributed by atoms with Crippen molar-refractivity contribution in [1.82, 2.24) is 9.97 Å². The lowest BCUT2D eigenvalue weighted by Gasteiger charge is -2.16. The van der Waals surface area contributed by atoms with Crippen LogP contribution in [-0.2, 0) is 14.6 Å². The number of aromatic nitrogens is 2. The smallest absolute Gasteiger partial charge is 0.221 e. The van der Waals surface area contributed by atoms with E-state index in [1.165, 1.54) is 31.2 Å². The highest BCUT2D eigenvalue weighted by atomic mass is 32.2. The number of para-hydroxylation sites is 3. The van der Waals surface area contributed by atoms with Crippen LogP contribution in [0.4, 0.5) is 17.2 Å². The van der Waals surface area contributed by atoms with Gasteiger partial charge in [-0.3, -0.25) is 4.79 Å². The number of nitrogens with zero attached hydrogens (tertiary/aromatic N) is 3. The summed E-state index contributed by atoms with van der Waals surface area (Å²) in [6.45, 7) is 1.36. The summed E-state index contributed by atoms with van der Waals surface area (Å²) < 4.78 is 26.9. The van der Waals surface area contributed by atoms with Gasteiger partial charge in [0.05, 0.1) is 22.0 Å². The predicted molar refractivity (Wildman–Crippen MR) is 126 cm³/mol. The number of rotatable bonds is 6. The molecular weight excluding hydrogens is 438 g/mol. The van der Waals surface area contributed by atoms with Crippen LogP contribution in [0.1, 0.15) is 17.9 Å². The Morgan fingerprint density at radius 2 is 1.48 bits per heavy atom. The lowest BCUT2D eigenvalue weighted by atomic mass is 10.2. The molecule has 0 fully saturated rings. The minimum atomic E-state index is -4.15. The van der Waals surface area contributed by atoms with Crippen LogP contribution in [0.15, 0.2) is 83.8 Å². The van der Waals surface area contributed by atoms with Crippen molar-refractivity contribution in [2.75, 3.05) is 10.6 Å². The lowest BCUT2D eigenvalue weighted by Crippen LogP contribution is -2.16. The normalized spacial score (nSPS) is 12.0. The third kappa shape index (κ3) is 4.66. The summed E-state index contributed by atoms with van der Waals surface area (Å²) >= 11 is 0. The Hall–Kier alpha value is -4.29. The maximum atomic E-state index is 13.4. The first kappa shape index (κ1) is 21.9. The number of amides is 1. The van der Waals surface area contributed by atoms with Crippen molar-refractivity contribution in [3.05, 3.63) is 84.6 Å². The van der Waals surface area contributed by atoms with E-state index in [9.17, 15) is 18.5 Å². The van der Waals surface area contributed by atoms with Crippen molar-refractivity contribution < 1.29 is 13.2 Å². The monoisotopic (exact) mass is 457 g/mol. The number of benzene rings is 3. The molecule has 33 heavy (non-hydrogen) atoms. The molecule has 9 heteroatoms. The van der Waals surface area contributed by atoms with Crippen LogP contribution in [0.2, 0.25) is 0 Å². The van der Waals surface area contributed by atoms with E-state index in [1.807, 2.05) is 24.3 Å². The molecular formula is C24H19N5O3S. The van der Waals surface area contributed by atoms with Gasteiger partial charge in [0.1, 0.15) is 5.69 Å². The summed E-state index contributed by atoms with van der Waals surface area (Å²) in [5.74, 6) is -0.0894. The second-order valence-corrected chi connectivity index (χ2v) is 9.23. The molecule has 4 aromatic rings. The molecule has 1 amide bonds. The van der Waals surface area contributed by atoms with Gasteiger partial charge >= 0.3 is 0 Å². The van der Waals surface area contributed by atoms with Gasteiger partial charge in [0.15, 0.2) is 11.1 Å². The highest BCUT2D eigenvalue weighted by Gasteiger charge is 2.33. The Bertz CT molecular complexity index is 1460. The average Bonchev–Trinajstić information content (AvgIpc) is 2.80. The molecule has 2 N–H and O–H groups in total. The van der Waals surface area contributed by atoms with Gasteiger partial charge in [-0.05, 0) is 48.5 Å². The Labute approximate surface area is 190 Å². The maximum Gasteiger partial charge on any atom is 0.221 e. The number of carbonyl (C=O) groups excluding carboxylic acids is 1. The lowest BCUT2D eigenvalue weighted by molar-refractivity contribution is -0.114. The molecule has 0 spiro atoms. The Morgan fingerprint density at radius 1 is 0.879 bits per heavy atom. The van der Waals surface area contributed by atoms with E-state index in [2.05, 4.69) is 20.6 Å². The van der Waals surface area contributed by atoms with Gasteiger partial charge in [-0.25, -0.2) is 18.4 Å². The zero-order chi connectivity index (χ0) is 23.4. The summed E-state index contributed by atoms with van der Waals surface area (Å²) in [7, 11) is -4.15. The van der Waals surface area contributed by atoms with E-state index in [1.54, 1.807) is 36.4 Å². The van der Waals surface area contributed by atoms with Crippen molar-refractivity contribution in [3.63, 3.8) is 0 Å². The van der Waals surface area contributed by atoms with Gasteiger partial charge in [0, 0.05) is 18.3 Å². The molecule has 0 saturated carbocycles. The van der Waals surface area contributed by atoms with Gasteiger partial charge < -0.3 is 10.6 Å². The van der Waals surface area contributed by atoms with Gasteiger partial charge in [0.2, 0.25) is 15.7 Å². The van der Waals surface area contributed by atoms with Crippen LogP contribution >= 0.6 is 0 Å². The first-order valence-corrected chi connectivity index (χ1v) is 11.5. The van der Waals surface area contributed by atoms with Crippen molar-refractivity contribution in [3.8, 4) is 6.07 Å². The molecule has 3 aromatic carbocycles. The van der Waals surface area contributed by atoms with Crippen LogP contribution in [-0.4, -0.2) is 24.3 Å². The Morgan fingerprint density at radius 3 is 2.09 bits per heavy atom. The number of anilines is 3. The van der Waals surface area contributed by atoms with Crippen LogP contribution in [0, 0.1) is 11.3 Å². The van der Waals surface area contributed by atoms with Crippen molar-refractivity contribution in [2.45, 2.75) is 17.1 Å². The molecule has 1 aromatic heterocycles. The number of hydrogen-bond acceptors (Lipinski definition) is 7. The quantitative estimate of drug-likeness (QED) is 0.440. The Kier molecular flexibility index (Phi) is 6.02. The summed E-state index contributed by atoms with van der Waals surface area (Å²) in [5.41, 5.74) is 2.17. The van der Waals surface area contributed by atoms with Gasteiger partial charge in [-0.15, -0.1) is 0 Å². The minimum absolute atomic E-state index is 0.00555. The predicted octanol–water partition coefficient (Wildman–Crippen LogP) is 4.37. The number of sulfone groups is 1. The van der Waals surface area contributed by atoms with E-state index in [4.69, 9.17) is 0 Å². The van der Waals surface area contributed by atoms with Gasteiger partial charge in [0.25, 0.3) is 0 Å². The average molecular weight is 458 g/mol. The number of fused-ring (bicyclic) bond motifs is 1. The van der Waals surface area contributed by atoms with Crippen molar-refractivity contribution in [2.24, 2.45) is 0 Å². The van der Waals surface area contributed by atoms with Crippen molar-refractivity contribution in [1.29, 1.82) is 5.26 Å². The third-order valence-electron chi connectivity index (χ3n) is 4.81. The third-order valence-corrected chi connectivity index (χ3v) is 6.69. The molecule has 8 nitrogen and oxygen atoms in total. The standard InChI is InChI=1S/C24H19N5O3S/c1-16(30)26-18-11-13-19(14-12-18)33(31,32)22(15-25)23-24(27-17-7-3-2-4-8-17)29-21-10-6-5-9-20(21)28-23/h2-14,22H,1H3,(H,26,30)(H,27,29). The van der Waals surface area contributed by atoms with E-state index in [-0.39, 0.29) is 22.3 Å². The second kappa shape index (κ2) is 9.06. The van der Waals surface area contributed by atoms with E-state index < -0.39 is 15.1 Å². The topological polar surface area (TPSA) is 125 Å². The van der Waals surface area contributed by atoms with Crippen LogP contribution in [0.25, 0.3) is 11.0 Å². The van der Waals surface area contributed by atoms with Gasteiger partial charge in [-0.1, -0.05) is 30.3 Å². The molecule has 0 aliphatic carbocycles. The second-order valence-electron chi connectivity index (χ2n) is 7.20. The number of carbonyl (C=O) groups is 1. The van der Waals surface area contributed by atoms with Crippen molar-refractivity contribution >= 4 is 44.0 Å². The van der Waals surface area contributed by atoms with Crippen LogP contribution < -0.4 is 10.6 Å². The fourth-order valence-electron chi connectivity index (χ4n) is 3.29. The summed E-state index contributed by atoms with van der Waals surface area (Å²) in [4.78, 5) is 20.2. The van der Waals surface area contributed by atoms with Gasteiger partial charge in [-0.2, -0.15) is 5.26 Å². The minimum Gasteiger partial charge on any atom is -0.339 e. The highest BCUT2D eigenvalue weighted by Crippen LogP contribution is 2.33. The molecule has 1 heterocycles. The fourth-order valence-corrected chi connectivity index (χ4v) is 4.68. The van der Waals surface area contributed by atoms with E-state index in [0.717, 1.165) is 0 Å². The summed E-state index contributed by atoms with van der Waals surface area (Å²) in [6.07, 6.45) is 0. The molecule has 0 aliphatic rings. The first-order valence-electron chi connectivity index (χ1n) is 9.98. The fraction of sp³-hybridized carbons (Fsp3) is 0.0833. The highest BCUT2D eigenvalue weighted by molar-refractivity contribution is 7.92. The largest absolute Gasteiger partial charge is 0.339 e. The molecule has 0 radical (unpaired) electrons. The number of hydrogen-bond donors (Lipinski definition) is 2. The summed E-state index contributed by atoms with van der Waals surface area (Å²) in [5, 5.41) is 14.0. The van der Waals surface area contributed by atoms with E-state index >= 15 is 0 Å². The molecule has 0 bridgehead atoms. The SMILES string of the molecule is CC(=O)Nc1ccc(S(=O)(=O)C(C#N)c2nc3ccccc3nc2Nc2ccccc2)cc1. The molecule has 1 unspecified atom stereocenters. The first-order chi connectivity index (χ1) is 15.9. The number of nitrogens with one attached hydrogen (secondary N) is 2. The summed E-state index contributed by atoms with van der Waals surface area (Å²) in [6, 6.07) is 23.7. The maximum absolute atomic E-state index is 13.4.